The van der Waals surface area contributed by atoms with E-state index in [0.717, 1.165) is 24.3 Å². The first-order valence-corrected chi connectivity index (χ1v) is 19.4. The molecule has 0 unspecified atom stereocenters. The lowest BCUT2D eigenvalue weighted by Crippen LogP contribution is -2.64. The molecule has 0 amide bonds. The predicted molar refractivity (Wildman–Crippen MR) is 200 cm³/mol. The highest BCUT2D eigenvalue weighted by Crippen LogP contribution is 2.45. The van der Waals surface area contributed by atoms with Crippen LogP contribution in [0.3, 0.4) is 0 Å². The summed E-state index contributed by atoms with van der Waals surface area (Å²) >= 11 is 0. The van der Waals surface area contributed by atoms with E-state index in [4.69, 9.17) is 42.3 Å². The largest absolute Gasteiger partial charge is 0.508 e. The summed E-state index contributed by atoms with van der Waals surface area (Å²) in [4.78, 5) is 14.2. The van der Waals surface area contributed by atoms with Gasteiger partial charge in [0.2, 0.25) is 29.5 Å². The summed E-state index contributed by atoms with van der Waals surface area (Å²) < 4.78 is 50.6. The van der Waals surface area contributed by atoms with E-state index in [0.29, 0.717) is 0 Å². The molecule has 1 aromatic heterocycles. The maximum absolute atomic E-state index is 14.2. The van der Waals surface area contributed by atoms with Crippen molar-refractivity contribution in [2.75, 3.05) is 13.2 Å². The van der Waals surface area contributed by atoms with Crippen LogP contribution in [0.1, 0.15) is 13.8 Å². The number of ether oxygens (including phenoxy) is 8. The number of rotatable bonds is 10. The second kappa shape index (κ2) is 18.3. The molecule has 15 N–H and O–H groups in total. The Morgan fingerprint density at radius 1 is 0.587 bits per heavy atom. The lowest BCUT2D eigenvalue weighted by Gasteiger charge is -2.45. The van der Waals surface area contributed by atoms with E-state index in [1.54, 1.807) is 0 Å². The fourth-order valence-electron chi connectivity index (χ4n) is 7.51. The van der Waals surface area contributed by atoms with Crippen LogP contribution in [0.4, 0.5) is 0 Å². The molecule has 4 fully saturated rings. The smallest absolute Gasteiger partial charge is 0.239 e. The Bertz CT molecular complexity index is 2130. The van der Waals surface area contributed by atoms with Crippen molar-refractivity contribution >= 4 is 11.0 Å². The van der Waals surface area contributed by atoms with Crippen LogP contribution < -0.4 is 14.9 Å². The van der Waals surface area contributed by atoms with E-state index in [9.17, 15) is 81.4 Å². The Labute approximate surface area is 353 Å². The zero-order chi connectivity index (χ0) is 45.9. The standard InChI is InChI=1S/C38H48O25/c1-9-20(44)25(49)29(53)36(56-9)60-18-8-55-35(28(52)23(18)47)61-32-14(42)3-11(4-15(32)43)31-33(24(48)19-13(41)5-12(40)6-16(19)58-31)62-38-34(27(51)21(45)10(2)57-38)63-37-30(54)26(50)22(46)17(7-39)59-37/h3-6,9-10,17-18,20-23,25-30,34-47,49-54H,7-8H2,1-2H3/t9-,10-,17+,18+,20-,21-,22+,23-,25+,26-,27+,28+,29+,30+,34+,35-,36-,37-,38-/m0/s1. The van der Waals surface area contributed by atoms with Crippen molar-refractivity contribution in [1.29, 1.82) is 0 Å². The first kappa shape index (κ1) is 46.8. The zero-order valence-corrected chi connectivity index (χ0v) is 33.0. The summed E-state index contributed by atoms with van der Waals surface area (Å²) in [5, 5.41) is 157. The minimum absolute atomic E-state index is 0.379. The molecule has 0 saturated carbocycles. The maximum Gasteiger partial charge on any atom is 0.239 e. The summed E-state index contributed by atoms with van der Waals surface area (Å²) in [6.45, 7) is 1.30. The Morgan fingerprint density at radius 2 is 1.14 bits per heavy atom. The van der Waals surface area contributed by atoms with Gasteiger partial charge in [0.15, 0.2) is 35.9 Å². The van der Waals surface area contributed by atoms with Gasteiger partial charge in [-0.25, -0.2) is 0 Å². The number of phenols is 4. The van der Waals surface area contributed by atoms with Gasteiger partial charge in [-0.2, -0.15) is 0 Å². The highest BCUT2D eigenvalue weighted by atomic mass is 16.8. The van der Waals surface area contributed by atoms with Crippen molar-refractivity contribution in [2.45, 2.75) is 131 Å². The average Bonchev–Trinajstić information content (AvgIpc) is 3.23. The maximum atomic E-state index is 14.2. The average molecular weight is 905 g/mol. The molecule has 5 heterocycles. The van der Waals surface area contributed by atoms with Crippen LogP contribution in [0.2, 0.25) is 0 Å². The molecule has 3 aromatic rings. The first-order chi connectivity index (χ1) is 29.7. The Kier molecular flexibility index (Phi) is 13.6. The summed E-state index contributed by atoms with van der Waals surface area (Å²) in [5.41, 5.74) is -2.02. The van der Waals surface area contributed by atoms with Crippen LogP contribution in [0.15, 0.2) is 33.5 Å². The van der Waals surface area contributed by atoms with E-state index < -0.39 is 187 Å². The molecule has 63 heavy (non-hydrogen) atoms. The number of aromatic hydroxyl groups is 4. The fourth-order valence-corrected chi connectivity index (χ4v) is 7.51. The number of hydrogen-bond acceptors (Lipinski definition) is 25. The molecule has 25 nitrogen and oxygen atoms in total. The Hall–Kier alpha value is -4.23. The van der Waals surface area contributed by atoms with Crippen molar-refractivity contribution in [2.24, 2.45) is 0 Å². The van der Waals surface area contributed by atoms with Crippen molar-refractivity contribution in [3.8, 4) is 45.8 Å². The minimum atomic E-state index is -2.01. The Morgan fingerprint density at radius 3 is 1.78 bits per heavy atom. The molecule has 2 aromatic carbocycles. The van der Waals surface area contributed by atoms with Gasteiger partial charge in [-0.15, -0.1) is 0 Å². The number of aliphatic hydroxyl groups excluding tert-OH is 11. The van der Waals surface area contributed by atoms with Gasteiger partial charge < -0.3 is 119 Å². The molecule has 4 aliphatic rings. The second-order valence-electron chi connectivity index (χ2n) is 15.5. The minimum Gasteiger partial charge on any atom is -0.508 e. The summed E-state index contributed by atoms with van der Waals surface area (Å²) in [5.74, 6) is -5.47. The number of phenolic OH excluding ortho intramolecular Hbond substituents is 4. The highest BCUT2D eigenvalue weighted by molar-refractivity contribution is 5.88. The molecule has 4 aliphatic heterocycles. The predicted octanol–water partition coefficient (Wildman–Crippen LogP) is -5.02. The third kappa shape index (κ3) is 8.82. The molecule has 350 valence electrons. The highest BCUT2D eigenvalue weighted by Gasteiger charge is 2.52. The topological polar surface area (TPSA) is 408 Å². The van der Waals surface area contributed by atoms with Crippen LogP contribution in [-0.2, 0) is 28.4 Å². The lowest BCUT2D eigenvalue weighted by atomic mass is 9.97. The van der Waals surface area contributed by atoms with Crippen molar-refractivity contribution < 1.29 is 119 Å². The lowest BCUT2D eigenvalue weighted by molar-refractivity contribution is -0.355. The third-order valence-corrected chi connectivity index (χ3v) is 11.2. The molecule has 0 aliphatic carbocycles. The normalized spacial score (nSPS) is 39.9. The summed E-state index contributed by atoms with van der Waals surface area (Å²) in [6.07, 6.45) is -32.3. The van der Waals surface area contributed by atoms with Crippen molar-refractivity contribution in [3.05, 3.63) is 34.5 Å². The fraction of sp³-hybridized carbons (Fsp3) is 0.605. The molecule has 19 atom stereocenters. The summed E-state index contributed by atoms with van der Waals surface area (Å²) in [7, 11) is 0. The first-order valence-electron chi connectivity index (χ1n) is 19.4. The van der Waals surface area contributed by atoms with E-state index in [1.165, 1.54) is 13.8 Å². The number of benzene rings is 2. The van der Waals surface area contributed by atoms with Gasteiger partial charge in [0, 0.05) is 17.7 Å². The van der Waals surface area contributed by atoms with E-state index in [2.05, 4.69) is 0 Å². The van der Waals surface area contributed by atoms with Crippen LogP contribution in [0.25, 0.3) is 22.3 Å². The number of fused-ring (bicyclic) bond motifs is 1. The quantitative estimate of drug-likeness (QED) is 0.0905. The summed E-state index contributed by atoms with van der Waals surface area (Å²) in [6, 6.07) is 3.45. The van der Waals surface area contributed by atoms with Gasteiger partial charge in [-0.05, 0) is 26.0 Å². The zero-order valence-electron chi connectivity index (χ0n) is 33.0. The van der Waals surface area contributed by atoms with E-state index in [1.807, 2.05) is 0 Å². The van der Waals surface area contributed by atoms with Crippen molar-refractivity contribution in [3.63, 3.8) is 0 Å². The van der Waals surface area contributed by atoms with Gasteiger partial charge in [0.1, 0.15) is 95.7 Å². The SMILES string of the molecule is C[C@@H]1O[C@@H](O[C@@H]2CO[C@@H](Oc3c(O)cc(-c4oc5cc(O)cc(O)c5c(=O)c4O[C@@H]4O[C@@H](C)[C@H](O)[C@@H](O)[C@H]4O[C@@H]4O[C@H](CO)[C@@H](O)[C@H](O)[C@H]4O)cc3O)[C@H](O)[C@H]2O)[C@H](O)[C@H](O)[C@H]1O. The number of hydrogen-bond donors (Lipinski definition) is 15. The van der Waals surface area contributed by atoms with Crippen molar-refractivity contribution in [1.82, 2.24) is 0 Å². The monoisotopic (exact) mass is 904 g/mol. The van der Waals surface area contributed by atoms with Crippen LogP contribution >= 0.6 is 0 Å². The van der Waals surface area contributed by atoms with E-state index in [-0.39, 0.29) is 5.56 Å². The van der Waals surface area contributed by atoms with Gasteiger partial charge in [0.25, 0.3) is 0 Å². The van der Waals surface area contributed by atoms with Gasteiger partial charge in [-0.1, -0.05) is 0 Å². The molecule has 4 saturated heterocycles. The van der Waals surface area contributed by atoms with Gasteiger partial charge >= 0.3 is 0 Å². The third-order valence-electron chi connectivity index (χ3n) is 11.2. The molecular formula is C38H48O25. The number of aliphatic hydroxyl groups is 11. The molecule has 0 bridgehead atoms. The van der Waals surface area contributed by atoms with Gasteiger partial charge in [0.05, 0.1) is 25.4 Å². The van der Waals surface area contributed by atoms with Crippen LogP contribution in [0, 0.1) is 0 Å². The van der Waals surface area contributed by atoms with E-state index >= 15 is 0 Å². The molecule has 25 heteroatoms. The molecular weight excluding hydrogens is 856 g/mol. The Balaban J connectivity index is 1.18. The van der Waals surface area contributed by atoms with Crippen LogP contribution in [0.5, 0.6) is 34.5 Å². The van der Waals surface area contributed by atoms with Gasteiger partial charge in [-0.3, -0.25) is 4.79 Å². The molecule has 0 spiro atoms. The van der Waals surface area contributed by atoms with Crippen LogP contribution in [-0.4, -0.2) is 207 Å². The second-order valence-corrected chi connectivity index (χ2v) is 15.5. The molecule has 7 rings (SSSR count). The molecule has 0 radical (unpaired) electrons.